The number of aromatic nitrogens is 4. The molecule has 4 aromatic carbocycles. The maximum atomic E-state index is 13.1. The van der Waals surface area contributed by atoms with E-state index in [1.165, 1.54) is 0 Å². The van der Waals surface area contributed by atoms with Gasteiger partial charge in [-0.05, 0) is 220 Å². The molecule has 2 amide bonds. The SMILES string of the molecule is C.C=CC.C=Cc1cnc(C(=O)Cc2cccc(-c3cccc(NC(=O)c4cc(C)c(C=C)cn4)c3C)c2C)cc1C.Cc1cc(C(=O)Cc2cccc(-c3cccc(NC(=O)c4cc(C)c(Br)cn4)c3C)c2C)ncc1Br. The standard InChI is InChI=1S/C33H31N3O2.C29H25Br2N3O2.C3H6.CH4/c1-7-24-18-34-30(15-20(24)3)32(37)17-26-11-9-12-27(22(26)5)28-13-10-14-29(23(28)6)36-33(38)31-16-21(4)25(8-2)19-35-31;1-16-11-26(32-14-23(16)30)28(35)13-20-7-5-8-21(18(20)3)22-9-6-10-25(19(22)4)34-29(36)27-12-17(2)24(31)15-33-27;1-3-2;/h7-16,18-19H,1-2,17H2,3-6H3,(H,36,38);5-12,14-15H,13H2,1-4H3,(H,34,36);3H,1H2,2H3;1H4. The molecule has 4 aromatic heterocycles. The van der Waals surface area contributed by atoms with Crippen molar-refractivity contribution in [3.8, 4) is 22.3 Å². The van der Waals surface area contributed by atoms with Gasteiger partial charge < -0.3 is 10.6 Å². The summed E-state index contributed by atoms with van der Waals surface area (Å²) in [6, 6.07) is 30.8. The zero-order chi connectivity index (χ0) is 56.1. The van der Waals surface area contributed by atoms with Crippen LogP contribution in [0.2, 0.25) is 0 Å². The number of Topliss-reactive ketones (excluding diaryl/α,β-unsaturated/α-hetero) is 2. The normalized spacial score (nSPS) is 10.3. The molecule has 8 rings (SSSR count). The van der Waals surface area contributed by atoms with Crippen molar-refractivity contribution in [1.82, 2.24) is 19.9 Å². The van der Waals surface area contributed by atoms with Crippen LogP contribution in [0.4, 0.5) is 11.4 Å². The summed E-state index contributed by atoms with van der Waals surface area (Å²) in [6.07, 6.45) is 12.4. The number of halogens is 2. The molecular weight excluding hydrogens is 1100 g/mol. The van der Waals surface area contributed by atoms with Crippen LogP contribution < -0.4 is 10.6 Å². The fourth-order valence-electron chi connectivity index (χ4n) is 8.55. The fraction of sp³-hybridized carbons (Fsp3) is 0.182. The summed E-state index contributed by atoms with van der Waals surface area (Å²) in [5.74, 6) is -0.600. The van der Waals surface area contributed by atoms with E-state index >= 15 is 0 Å². The number of nitrogens with zero attached hydrogens (tertiary/aromatic N) is 4. The third kappa shape index (κ3) is 14.7. The Morgan fingerprint density at radius 1 is 0.462 bits per heavy atom. The fourth-order valence-corrected chi connectivity index (χ4v) is 8.99. The second-order valence-electron chi connectivity index (χ2n) is 18.6. The maximum Gasteiger partial charge on any atom is 0.274 e. The summed E-state index contributed by atoms with van der Waals surface area (Å²) < 4.78 is 1.74. The Bertz CT molecular complexity index is 3370. The molecular formula is C66H66Br2N6O4. The van der Waals surface area contributed by atoms with E-state index in [2.05, 4.69) is 82.2 Å². The number of rotatable bonds is 14. The number of pyridine rings is 4. The highest BCUT2D eigenvalue weighted by Gasteiger charge is 2.19. The summed E-state index contributed by atoms with van der Waals surface area (Å²) >= 11 is 6.85. The molecule has 0 bridgehead atoms. The number of benzene rings is 4. The molecule has 12 heteroatoms. The lowest BCUT2D eigenvalue weighted by Crippen LogP contribution is -2.15. The predicted molar refractivity (Wildman–Crippen MR) is 329 cm³/mol. The molecule has 0 saturated heterocycles. The third-order valence-electron chi connectivity index (χ3n) is 13.2. The molecule has 0 aliphatic carbocycles. The lowest BCUT2D eigenvalue weighted by Gasteiger charge is -2.16. The van der Waals surface area contributed by atoms with Crippen molar-refractivity contribution in [1.29, 1.82) is 0 Å². The van der Waals surface area contributed by atoms with Crippen LogP contribution in [0, 0.1) is 55.4 Å². The lowest BCUT2D eigenvalue weighted by molar-refractivity contribution is 0.0980. The van der Waals surface area contributed by atoms with E-state index < -0.39 is 0 Å². The highest BCUT2D eigenvalue weighted by atomic mass is 79.9. The van der Waals surface area contributed by atoms with Crippen LogP contribution in [0.5, 0.6) is 0 Å². The number of carbonyl (C=O) groups excluding carboxylic acids is 4. The Balaban J connectivity index is 0.000000271. The van der Waals surface area contributed by atoms with Gasteiger partial charge in [0, 0.05) is 57.9 Å². The largest absolute Gasteiger partial charge is 0.320 e. The highest BCUT2D eigenvalue weighted by molar-refractivity contribution is 9.10. The molecule has 2 N–H and O–H groups in total. The lowest BCUT2D eigenvalue weighted by atomic mass is 9.91. The summed E-state index contributed by atoms with van der Waals surface area (Å²) in [6.45, 7) is 28.6. The molecule has 0 aliphatic rings. The second-order valence-corrected chi connectivity index (χ2v) is 20.3. The van der Waals surface area contributed by atoms with Crippen molar-refractivity contribution < 1.29 is 19.2 Å². The average Bonchev–Trinajstić information content (AvgIpc) is 3.43. The number of anilines is 2. The van der Waals surface area contributed by atoms with E-state index in [1.807, 2.05) is 147 Å². The minimum absolute atomic E-state index is 0. The smallest absolute Gasteiger partial charge is 0.274 e. The van der Waals surface area contributed by atoms with Gasteiger partial charge in [0.25, 0.3) is 11.8 Å². The maximum absolute atomic E-state index is 13.1. The third-order valence-corrected chi connectivity index (χ3v) is 14.9. The van der Waals surface area contributed by atoms with E-state index in [4.69, 9.17) is 0 Å². The Morgan fingerprint density at radius 3 is 1.14 bits per heavy atom. The number of aryl methyl sites for hydroxylation is 4. The van der Waals surface area contributed by atoms with Crippen molar-refractivity contribution in [2.24, 2.45) is 0 Å². The molecule has 0 aliphatic heterocycles. The van der Waals surface area contributed by atoms with Crippen LogP contribution in [-0.2, 0) is 12.8 Å². The number of allylic oxidation sites excluding steroid dienone is 1. The molecule has 4 heterocycles. The van der Waals surface area contributed by atoms with Gasteiger partial charge in [-0.25, -0.2) is 4.98 Å². The minimum atomic E-state index is -0.273. The van der Waals surface area contributed by atoms with Crippen molar-refractivity contribution in [3.05, 3.63) is 246 Å². The molecule has 0 spiro atoms. The van der Waals surface area contributed by atoms with Gasteiger partial charge in [0.15, 0.2) is 11.6 Å². The number of hydrogen-bond acceptors (Lipinski definition) is 8. The topological polar surface area (TPSA) is 144 Å². The van der Waals surface area contributed by atoms with Crippen molar-refractivity contribution in [2.45, 2.75) is 82.6 Å². The first-order valence-corrected chi connectivity index (χ1v) is 26.4. The first-order valence-electron chi connectivity index (χ1n) is 24.9. The van der Waals surface area contributed by atoms with Crippen molar-refractivity contribution in [2.75, 3.05) is 10.6 Å². The van der Waals surface area contributed by atoms with Crippen molar-refractivity contribution >= 4 is 78.8 Å². The van der Waals surface area contributed by atoms with E-state index in [0.717, 1.165) is 104 Å². The number of hydrogen-bond donors (Lipinski definition) is 2. The van der Waals surface area contributed by atoms with E-state index in [0.29, 0.717) is 28.5 Å². The Labute approximate surface area is 476 Å². The Kier molecular flexibility index (Phi) is 21.7. The Hall–Kier alpha value is -8.06. The van der Waals surface area contributed by atoms with Gasteiger partial charge in [-0.3, -0.25) is 34.1 Å². The van der Waals surface area contributed by atoms with Crippen LogP contribution in [0.1, 0.15) is 123 Å². The molecule has 0 atom stereocenters. The van der Waals surface area contributed by atoms with Gasteiger partial charge in [-0.1, -0.05) is 99.5 Å². The van der Waals surface area contributed by atoms with Crippen molar-refractivity contribution in [3.63, 3.8) is 0 Å². The molecule has 8 aromatic rings. The van der Waals surface area contributed by atoms with Gasteiger partial charge in [-0.2, -0.15) is 0 Å². The molecule has 0 fully saturated rings. The number of carbonyl (C=O) groups is 4. The van der Waals surface area contributed by atoms with Gasteiger partial charge in [-0.15, -0.1) is 6.58 Å². The van der Waals surface area contributed by atoms with Gasteiger partial charge >= 0.3 is 0 Å². The molecule has 0 unspecified atom stereocenters. The van der Waals surface area contributed by atoms with Gasteiger partial charge in [0.05, 0.1) is 0 Å². The van der Waals surface area contributed by atoms with Crippen LogP contribution in [0.15, 0.2) is 157 Å². The minimum Gasteiger partial charge on any atom is -0.320 e. The van der Waals surface area contributed by atoms with Crippen LogP contribution >= 0.6 is 31.9 Å². The summed E-state index contributed by atoms with van der Waals surface area (Å²) in [5, 5.41) is 6.01. The first kappa shape index (κ1) is 60.8. The number of amides is 2. The Morgan fingerprint density at radius 2 is 0.769 bits per heavy atom. The molecule has 10 nitrogen and oxygen atoms in total. The molecule has 0 saturated carbocycles. The molecule has 0 radical (unpaired) electrons. The monoisotopic (exact) mass is 1160 g/mol. The van der Waals surface area contributed by atoms with Gasteiger partial charge in [0.2, 0.25) is 0 Å². The van der Waals surface area contributed by atoms with Crippen LogP contribution in [0.3, 0.4) is 0 Å². The number of nitrogens with one attached hydrogen (secondary N) is 2. The molecule has 78 heavy (non-hydrogen) atoms. The van der Waals surface area contributed by atoms with E-state index in [1.54, 1.807) is 55.1 Å². The van der Waals surface area contributed by atoms with Crippen LogP contribution in [0.25, 0.3) is 34.4 Å². The second kappa shape index (κ2) is 27.8. The van der Waals surface area contributed by atoms with Gasteiger partial charge in [0.1, 0.15) is 22.8 Å². The summed E-state index contributed by atoms with van der Waals surface area (Å²) in [5.41, 5.74) is 18.5. The first-order chi connectivity index (χ1) is 36.8. The van der Waals surface area contributed by atoms with E-state index in [9.17, 15) is 19.2 Å². The molecule has 398 valence electrons. The quantitative estimate of drug-likeness (QED) is 0.0809. The van der Waals surface area contributed by atoms with E-state index in [-0.39, 0.29) is 43.6 Å². The van der Waals surface area contributed by atoms with Crippen LogP contribution in [-0.4, -0.2) is 43.3 Å². The number of ketones is 2. The average molecular weight is 1170 g/mol. The summed E-state index contributed by atoms with van der Waals surface area (Å²) in [4.78, 5) is 69.0. The summed E-state index contributed by atoms with van der Waals surface area (Å²) in [7, 11) is 0. The zero-order valence-corrected chi connectivity index (χ0v) is 48.2. The zero-order valence-electron chi connectivity index (χ0n) is 45.0. The predicted octanol–water partition coefficient (Wildman–Crippen LogP) is 16.7. The highest BCUT2D eigenvalue weighted by Crippen LogP contribution is 2.35.